The Morgan fingerprint density at radius 2 is 2.07 bits per heavy atom. The summed E-state index contributed by atoms with van der Waals surface area (Å²) < 4.78 is 4.51. The molecule has 0 aliphatic heterocycles. The van der Waals surface area contributed by atoms with Crippen LogP contribution in [-0.2, 0) is 16.1 Å². The Morgan fingerprint density at radius 1 is 1.40 bits per heavy atom. The first kappa shape index (κ1) is 11.5. The monoisotopic (exact) mass is 209 g/mol. The molecule has 0 spiro atoms. The van der Waals surface area contributed by atoms with Crippen LogP contribution in [0.25, 0.3) is 0 Å². The molecule has 82 valence electrons. The molecule has 0 atom stereocenters. The third kappa shape index (κ3) is 4.46. The fourth-order valence-corrected chi connectivity index (χ4v) is 1.14. The molecule has 0 bridgehead atoms. The molecule has 4 nitrogen and oxygen atoms in total. The number of carbonyl (C=O) groups is 1. The van der Waals surface area contributed by atoms with Crippen LogP contribution >= 0.6 is 0 Å². The number of hydrogen-bond acceptors (Lipinski definition) is 4. The van der Waals surface area contributed by atoms with Gasteiger partial charge in [0.05, 0.1) is 13.5 Å². The number of benzene rings is 1. The van der Waals surface area contributed by atoms with Gasteiger partial charge < -0.3 is 15.2 Å². The van der Waals surface area contributed by atoms with Gasteiger partial charge in [-0.15, -0.1) is 0 Å². The zero-order valence-corrected chi connectivity index (χ0v) is 8.69. The minimum atomic E-state index is -0.215. The molecule has 0 fully saturated rings. The van der Waals surface area contributed by atoms with E-state index in [4.69, 9.17) is 5.11 Å². The van der Waals surface area contributed by atoms with Gasteiger partial charge in [-0.25, -0.2) is 0 Å². The van der Waals surface area contributed by atoms with Crippen LogP contribution in [0, 0.1) is 0 Å². The summed E-state index contributed by atoms with van der Waals surface area (Å²) >= 11 is 0. The van der Waals surface area contributed by atoms with E-state index < -0.39 is 0 Å². The Labute approximate surface area is 88.9 Å². The second-order valence-corrected chi connectivity index (χ2v) is 3.17. The lowest BCUT2D eigenvalue weighted by Crippen LogP contribution is -2.18. The van der Waals surface area contributed by atoms with Crippen molar-refractivity contribution in [1.29, 1.82) is 0 Å². The van der Waals surface area contributed by atoms with Gasteiger partial charge in [-0.2, -0.15) is 0 Å². The smallest absolute Gasteiger partial charge is 0.306 e. The number of ether oxygens (including phenoxy) is 1. The molecular weight excluding hydrogens is 194 g/mol. The van der Waals surface area contributed by atoms with Crippen molar-refractivity contribution in [2.45, 2.75) is 13.0 Å². The van der Waals surface area contributed by atoms with E-state index in [0.29, 0.717) is 19.5 Å². The van der Waals surface area contributed by atoms with E-state index in [1.54, 1.807) is 12.1 Å². The van der Waals surface area contributed by atoms with Gasteiger partial charge in [-0.05, 0) is 17.7 Å². The maximum atomic E-state index is 10.8. The molecular formula is C11H15NO3. The Kier molecular flexibility index (Phi) is 4.63. The summed E-state index contributed by atoms with van der Waals surface area (Å²) in [7, 11) is 1.38. The van der Waals surface area contributed by atoms with Crippen molar-refractivity contribution < 1.29 is 14.6 Å². The molecule has 0 aliphatic carbocycles. The Bertz CT molecular complexity index is 308. The predicted molar refractivity (Wildman–Crippen MR) is 56.4 cm³/mol. The molecule has 0 unspecified atom stereocenters. The fraction of sp³-hybridized carbons (Fsp3) is 0.364. The van der Waals surface area contributed by atoms with E-state index in [2.05, 4.69) is 10.1 Å². The van der Waals surface area contributed by atoms with Gasteiger partial charge in [-0.3, -0.25) is 4.79 Å². The summed E-state index contributed by atoms with van der Waals surface area (Å²) in [6.07, 6.45) is 0.370. The molecule has 1 rings (SSSR count). The number of phenols is 1. The lowest BCUT2D eigenvalue weighted by molar-refractivity contribution is -0.140. The molecule has 0 saturated heterocycles. The lowest BCUT2D eigenvalue weighted by atomic mass is 10.2. The van der Waals surface area contributed by atoms with E-state index in [-0.39, 0.29) is 11.7 Å². The van der Waals surface area contributed by atoms with Gasteiger partial charge in [-0.1, -0.05) is 12.1 Å². The molecule has 0 saturated carbocycles. The SMILES string of the molecule is COC(=O)CCNCc1ccc(O)cc1. The summed E-state index contributed by atoms with van der Waals surface area (Å²) in [4.78, 5) is 10.8. The quantitative estimate of drug-likeness (QED) is 0.562. The summed E-state index contributed by atoms with van der Waals surface area (Å²) in [6, 6.07) is 6.94. The highest BCUT2D eigenvalue weighted by molar-refractivity contribution is 5.69. The van der Waals surface area contributed by atoms with Gasteiger partial charge in [0.15, 0.2) is 0 Å². The van der Waals surface area contributed by atoms with Gasteiger partial charge >= 0.3 is 5.97 Å². The number of methoxy groups -OCH3 is 1. The third-order valence-corrected chi connectivity index (χ3v) is 2.00. The lowest BCUT2D eigenvalue weighted by Gasteiger charge is -2.04. The summed E-state index contributed by atoms with van der Waals surface area (Å²) in [5, 5.41) is 12.2. The van der Waals surface area contributed by atoms with Crippen LogP contribution in [0.2, 0.25) is 0 Å². The zero-order chi connectivity index (χ0) is 11.1. The first-order chi connectivity index (χ1) is 7.22. The Balaban J connectivity index is 2.20. The zero-order valence-electron chi connectivity index (χ0n) is 8.69. The first-order valence-corrected chi connectivity index (χ1v) is 4.78. The second-order valence-electron chi connectivity index (χ2n) is 3.17. The first-order valence-electron chi connectivity index (χ1n) is 4.78. The van der Waals surface area contributed by atoms with Crippen molar-refractivity contribution in [3.63, 3.8) is 0 Å². The number of hydrogen-bond donors (Lipinski definition) is 2. The number of rotatable bonds is 5. The van der Waals surface area contributed by atoms with Crippen molar-refractivity contribution in [2.24, 2.45) is 0 Å². The van der Waals surface area contributed by atoms with Crippen LogP contribution < -0.4 is 5.32 Å². The van der Waals surface area contributed by atoms with Crippen LogP contribution in [0.15, 0.2) is 24.3 Å². The molecule has 2 N–H and O–H groups in total. The molecule has 1 aromatic rings. The number of esters is 1. The van der Waals surface area contributed by atoms with Gasteiger partial charge in [0.2, 0.25) is 0 Å². The highest BCUT2D eigenvalue weighted by Crippen LogP contribution is 2.08. The molecule has 4 heteroatoms. The molecule has 15 heavy (non-hydrogen) atoms. The van der Waals surface area contributed by atoms with Crippen molar-refractivity contribution >= 4 is 5.97 Å². The van der Waals surface area contributed by atoms with E-state index >= 15 is 0 Å². The second kappa shape index (κ2) is 6.03. The van der Waals surface area contributed by atoms with Gasteiger partial charge in [0.1, 0.15) is 5.75 Å². The van der Waals surface area contributed by atoms with Gasteiger partial charge in [0.25, 0.3) is 0 Å². The molecule has 0 amide bonds. The number of carbonyl (C=O) groups excluding carboxylic acids is 1. The highest BCUT2D eigenvalue weighted by Gasteiger charge is 1.98. The van der Waals surface area contributed by atoms with Crippen LogP contribution in [0.1, 0.15) is 12.0 Å². The maximum absolute atomic E-state index is 10.8. The molecule has 0 aromatic heterocycles. The van der Waals surface area contributed by atoms with Gasteiger partial charge in [0, 0.05) is 13.1 Å². The van der Waals surface area contributed by atoms with Crippen LogP contribution in [0.5, 0.6) is 5.75 Å². The minimum Gasteiger partial charge on any atom is -0.508 e. The normalized spacial score (nSPS) is 9.93. The number of nitrogens with one attached hydrogen (secondary N) is 1. The van der Waals surface area contributed by atoms with E-state index in [9.17, 15) is 4.79 Å². The Morgan fingerprint density at radius 3 is 2.67 bits per heavy atom. The molecule has 1 aromatic carbocycles. The van der Waals surface area contributed by atoms with E-state index in [1.807, 2.05) is 12.1 Å². The van der Waals surface area contributed by atoms with Crippen molar-refractivity contribution in [3.8, 4) is 5.75 Å². The maximum Gasteiger partial charge on any atom is 0.306 e. The van der Waals surface area contributed by atoms with E-state index in [0.717, 1.165) is 5.56 Å². The fourth-order valence-electron chi connectivity index (χ4n) is 1.14. The summed E-state index contributed by atoms with van der Waals surface area (Å²) in [6.45, 7) is 1.27. The van der Waals surface area contributed by atoms with Crippen molar-refractivity contribution in [3.05, 3.63) is 29.8 Å². The largest absolute Gasteiger partial charge is 0.508 e. The average Bonchev–Trinajstić information content (AvgIpc) is 2.26. The summed E-state index contributed by atoms with van der Waals surface area (Å²) in [5.74, 6) is 0.0431. The molecule has 0 heterocycles. The van der Waals surface area contributed by atoms with Crippen LogP contribution in [0.4, 0.5) is 0 Å². The van der Waals surface area contributed by atoms with Crippen molar-refractivity contribution in [1.82, 2.24) is 5.32 Å². The van der Waals surface area contributed by atoms with Crippen LogP contribution in [-0.4, -0.2) is 24.7 Å². The average molecular weight is 209 g/mol. The standard InChI is InChI=1S/C11H15NO3/c1-15-11(14)6-7-12-8-9-2-4-10(13)5-3-9/h2-5,12-13H,6-8H2,1H3. The van der Waals surface area contributed by atoms with Crippen LogP contribution in [0.3, 0.4) is 0 Å². The molecule has 0 aliphatic rings. The predicted octanol–water partition coefficient (Wildman–Crippen LogP) is 1.04. The summed E-state index contributed by atoms with van der Waals surface area (Å²) in [5.41, 5.74) is 1.07. The Hall–Kier alpha value is -1.55. The highest BCUT2D eigenvalue weighted by atomic mass is 16.5. The number of phenolic OH excluding ortho intramolecular Hbond substituents is 1. The third-order valence-electron chi connectivity index (χ3n) is 2.00. The van der Waals surface area contributed by atoms with E-state index in [1.165, 1.54) is 7.11 Å². The minimum absolute atomic E-state index is 0.215. The number of aromatic hydroxyl groups is 1. The topological polar surface area (TPSA) is 58.6 Å². The van der Waals surface area contributed by atoms with Crippen molar-refractivity contribution in [2.75, 3.05) is 13.7 Å². The molecule has 0 radical (unpaired) electrons.